The number of carbonyl (C=O) groups excluding carboxylic acids is 1. The third-order valence-electron chi connectivity index (χ3n) is 6.51. The van der Waals surface area contributed by atoms with Crippen molar-refractivity contribution in [2.75, 3.05) is 31.5 Å². The van der Waals surface area contributed by atoms with Crippen LogP contribution in [0.25, 0.3) is 11.1 Å². The first-order chi connectivity index (χ1) is 16.5. The van der Waals surface area contributed by atoms with Crippen molar-refractivity contribution in [1.82, 2.24) is 19.8 Å². The zero-order valence-electron chi connectivity index (χ0n) is 18.7. The van der Waals surface area contributed by atoms with Gasteiger partial charge >= 0.3 is 17.8 Å². The summed E-state index contributed by atoms with van der Waals surface area (Å²) in [6.45, 7) is 2.50. The number of aromatic nitrogens is 2. The first-order valence-electron chi connectivity index (χ1n) is 11.6. The van der Waals surface area contributed by atoms with Crippen LogP contribution in [0, 0.1) is 0 Å². The maximum Gasteiger partial charge on any atom is 0.417 e. The highest BCUT2D eigenvalue weighted by Crippen LogP contribution is 2.30. The molecular formula is C24H27N5O5. The number of amides is 2. The molecule has 2 aromatic heterocycles. The van der Waals surface area contributed by atoms with Crippen molar-refractivity contribution in [1.29, 1.82) is 0 Å². The van der Waals surface area contributed by atoms with Gasteiger partial charge in [0.2, 0.25) is 0 Å². The maximum absolute atomic E-state index is 13.2. The molecule has 2 aliphatic rings. The summed E-state index contributed by atoms with van der Waals surface area (Å²) in [5.41, 5.74) is 3.75. The van der Waals surface area contributed by atoms with E-state index in [1.165, 1.54) is 5.56 Å². The average molecular weight is 466 g/mol. The summed E-state index contributed by atoms with van der Waals surface area (Å²) in [6, 6.07) is 8.40. The Hall–Kier alpha value is -3.82. The summed E-state index contributed by atoms with van der Waals surface area (Å²) in [7, 11) is 0. The van der Waals surface area contributed by atoms with Gasteiger partial charge in [-0.15, -0.1) is 0 Å². The number of hydrogen-bond donors (Lipinski definition) is 3. The predicted molar refractivity (Wildman–Crippen MR) is 125 cm³/mol. The number of benzene rings is 1. The Bertz CT molecular complexity index is 1280. The van der Waals surface area contributed by atoms with Crippen LogP contribution in [-0.2, 0) is 17.6 Å². The molecule has 3 N–H and O–H groups in total. The molecule has 10 nitrogen and oxygen atoms in total. The molecule has 1 atom stereocenters. The molecule has 0 unspecified atom stereocenters. The number of hydrogen-bond acceptors (Lipinski definition) is 6. The number of carboxylic acid groups (broad SMARTS) is 1. The normalized spacial score (nSPS) is 16.5. The smallest absolute Gasteiger partial charge is 0.417 e. The molecule has 0 aliphatic carbocycles. The Labute approximate surface area is 195 Å². The van der Waals surface area contributed by atoms with Gasteiger partial charge in [-0.25, -0.2) is 14.6 Å². The lowest BCUT2D eigenvalue weighted by Gasteiger charge is -2.27. The van der Waals surface area contributed by atoms with Gasteiger partial charge in [0, 0.05) is 31.9 Å². The summed E-state index contributed by atoms with van der Waals surface area (Å²) in [6.07, 6.45) is 3.48. The van der Waals surface area contributed by atoms with E-state index in [0.29, 0.717) is 36.3 Å². The van der Waals surface area contributed by atoms with Crippen molar-refractivity contribution in [2.45, 2.75) is 38.1 Å². The number of fused-ring (bicyclic) bond motifs is 2. The SMILES string of the molecule is O=C(O)C[C@H](c1ccc2[nH]c(=O)oc2c1)N1CCN(CCCc2ccc3c(n2)NCCC3)C1=O. The number of nitrogens with one attached hydrogen (secondary N) is 2. The fraction of sp³-hybridized carbons (Fsp3) is 0.417. The molecule has 10 heteroatoms. The number of H-pyrrole nitrogens is 1. The Balaban J connectivity index is 1.25. The number of oxazole rings is 1. The minimum absolute atomic E-state index is 0.179. The van der Waals surface area contributed by atoms with E-state index in [1.54, 1.807) is 28.0 Å². The fourth-order valence-electron chi connectivity index (χ4n) is 4.80. The van der Waals surface area contributed by atoms with Crippen molar-refractivity contribution in [3.8, 4) is 0 Å². The van der Waals surface area contributed by atoms with Crippen molar-refractivity contribution >= 4 is 28.9 Å². The summed E-state index contributed by atoms with van der Waals surface area (Å²) in [5.74, 6) is -0.604. The number of urea groups is 1. The van der Waals surface area contributed by atoms with Gasteiger partial charge in [-0.05, 0) is 55.0 Å². The van der Waals surface area contributed by atoms with Gasteiger partial charge in [0.1, 0.15) is 5.82 Å². The number of carbonyl (C=O) groups is 2. The molecule has 2 amide bonds. The molecule has 34 heavy (non-hydrogen) atoms. The molecule has 2 aliphatic heterocycles. The lowest BCUT2D eigenvalue weighted by Crippen LogP contribution is -2.36. The molecule has 1 aromatic carbocycles. The van der Waals surface area contributed by atoms with Crippen LogP contribution < -0.4 is 11.1 Å². The van der Waals surface area contributed by atoms with E-state index >= 15 is 0 Å². The van der Waals surface area contributed by atoms with Crippen molar-refractivity contribution < 1.29 is 19.1 Å². The monoisotopic (exact) mass is 465 g/mol. The highest BCUT2D eigenvalue weighted by Gasteiger charge is 2.35. The number of nitrogens with zero attached hydrogens (tertiary/aromatic N) is 3. The standard InChI is InChI=1S/C24H27N5O5/c30-21(31)14-19(16-6-8-18-20(13-16)34-23(32)27-18)29-12-11-28(24(29)33)10-2-4-17-7-5-15-3-1-9-25-22(15)26-17/h5-8,13,19H,1-4,9-12,14H2,(H,25,26)(H,27,32)(H,30,31)/t19-/m1/s1. The minimum Gasteiger partial charge on any atom is -0.481 e. The predicted octanol–water partition coefficient (Wildman–Crippen LogP) is 2.76. The Morgan fingerprint density at radius 3 is 2.94 bits per heavy atom. The molecule has 1 fully saturated rings. The molecule has 3 aromatic rings. The van der Waals surface area contributed by atoms with Crippen LogP contribution in [0.5, 0.6) is 0 Å². The lowest BCUT2D eigenvalue weighted by molar-refractivity contribution is -0.138. The molecule has 0 radical (unpaired) electrons. The zero-order valence-corrected chi connectivity index (χ0v) is 18.7. The molecule has 4 heterocycles. The minimum atomic E-state index is -1.00. The molecule has 0 saturated carbocycles. The second-order valence-corrected chi connectivity index (χ2v) is 8.79. The van der Waals surface area contributed by atoms with Gasteiger partial charge in [0.25, 0.3) is 0 Å². The van der Waals surface area contributed by atoms with Crippen LogP contribution in [0.2, 0.25) is 0 Å². The number of rotatable bonds is 8. The molecule has 0 bridgehead atoms. The first-order valence-corrected chi connectivity index (χ1v) is 11.6. The number of carboxylic acids is 1. The second kappa shape index (κ2) is 9.20. The third-order valence-corrected chi connectivity index (χ3v) is 6.51. The van der Waals surface area contributed by atoms with Crippen LogP contribution in [0.3, 0.4) is 0 Å². The van der Waals surface area contributed by atoms with E-state index in [-0.39, 0.29) is 12.5 Å². The molecule has 0 spiro atoms. The zero-order chi connectivity index (χ0) is 23.7. The Morgan fingerprint density at radius 1 is 1.21 bits per heavy atom. The van der Waals surface area contributed by atoms with Gasteiger partial charge in [0.15, 0.2) is 5.58 Å². The topological polar surface area (TPSA) is 132 Å². The highest BCUT2D eigenvalue weighted by molar-refractivity contribution is 5.79. The average Bonchev–Trinajstić information content (AvgIpc) is 3.38. The second-order valence-electron chi connectivity index (χ2n) is 8.79. The number of pyridine rings is 1. The maximum atomic E-state index is 13.2. The summed E-state index contributed by atoms with van der Waals surface area (Å²) < 4.78 is 5.12. The summed E-state index contributed by atoms with van der Waals surface area (Å²) in [4.78, 5) is 46.9. The van der Waals surface area contributed by atoms with E-state index in [0.717, 1.165) is 43.7 Å². The van der Waals surface area contributed by atoms with Gasteiger partial charge < -0.3 is 24.6 Å². The molecular weight excluding hydrogens is 438 g/mol. The molecule has 5 rings (SSSR count). The van der Waals surface area contributed by atoms with E-state index in [4.69, 9.17) is 9.40 Å². The number of aliphatic carboxylic acids is 1. The Kier molecular flexibility index (Phi) is 5.95. The van der Waals surface area contributed by atoms with Crippen LogP contribution in [0.4, 0.5) is 10.6 Å². The van der Waals surface area contributed by atoms with Crippen molar-refractivity contribution in [2.24, 2.45) is 0 Å². The van der Waals surface area contributed by atoms with Crippen LogP contribution >= 0.6 is 0 Å². The van der Waals surface area contributed by atoms with E-state index < -0.39 is 17.8 Å². The summed E-state index contributed by atoms with van der Waals surface area (Å²) in [5, 5.41) is 12.8. The molecule has 1 saturated heterocycles. The van der Waals surface area contributed by atoms with E-state index in [1.807, 2.05) is 0 Å². The van der Waals surface area contributed by atoms with Crippen LogP contribution in [-0.4, -0.2) is 63.1 Å². The quantitative estimate of drug-likeness (QED) is 0.466. The van der Waals surface area contributed by atoms with E-state index in [9.17, 15) is 19.5 Å². The molecule has 178 valence electrons. The number of anilines is 1. The van der Waals surface area contributed by atoms with Gasteiger partial charge in [-0.1, -0.05) is 12.1 Å². The van der Waals surface area contributed by atoms with Crippen molar-refractivity contribution in [3.05, 3.63) is 57.7 Å². The fourth-order valence-corrected chi connectivity index (χ4v) is 4.80. The van der Waals surface area contributed by atoms with Crippen LogP contribution in [0.1, 0.15) is 42.1 Å². The van der Waals surface area contributed by atoms with E-state index in [2.05, 4.69) is 22.4 Å². The Morgan fingerprint density at radius 2 is 2.09 bits per heavy atom. The van der Waals surface area contributed by atoms with Crippen LogP contribution in [0.15, 0.2) is 39.5 Å². The summed E-state index contributed by atoms with van der Waals surface area (Å²) >= 11 is 0. The number of aryl methyl sites for hydroxylation is 2. The van der Waals surface area contributed by atoms with Gasteiger partial charge in [-0.3, -0.25) is 9.78 Å². The lowest BCUT2D eigenvalue weighted by atomic mass is 10.0. The van der Waals surface area contributed by atoms with Gasteiger partial charge in [0.05, 0.1) is 18.0 Å². The highest BCUT2D eigenvalue weighted by atomic mass is 16.4. The van der Waals surface area contributed by atoms with Gasteiger partial charge in [-0.2, -0.15) is 0 Å². The first kappa shape index (κ1) is 22.0. The van der Waals surface area contributed by atoms with Crippen molar-refractivity contribution in [3.63, 3.8) is 0 Å². The largest absolute Gasteiger partial charge is 0.481 e. The third kappa shape index (κ3) is 4.48. The number of aromatic amines is 1.